The van der Waals surface area contributed by atoms with Crippen LogP contribution in [0.15, 0.2) is 0 Å². The van der Waals surface area contributed by atoms with Crippen LogP contribution in [0.5, 0.6) is 0 Å². The molecule has 2 aliphatic rings. The van der Waals surface area contributed by atoms with Crippen LogP contribution < -0.4 is 51.4 Å². The molecule has 2 heterocycles. The maximum Gasteiger partial charge on any atom is 1.00 e. The largest absolute Gasteiger partial charge is 1.00 e. The molecule has 2 fully saturated rings. The average molecular weight is 206 g/mol. The number of likely N-dealkylation sites (tertiary alicyclic amines) is 1. The number of hydrogen-bond acceptors (Lipinski definition) is 1. The van der Waals surface area contributed by atoms with Crippen molar-refractivity contribution in [1.29, 1.82) is 0 Å². The summed E-state index contributed by atoms with van der Waals surface area (Å²) >= 11 is 0. The molecule has 2 saturated heterocycles. The van der Waals surface area contributed by atoms with E-state index in [0.717, 1.165) is 6.54 Å². The molecule has 0 aromatic heterocycles. The molecule has 0 N–H and O–H groups in total. The van der Waals surface area contributed by atoms with Gasteiger partial charge in [-0.15, -0.1) is 12.1 Å². The predicted octanol–water partition coefficient (Wildman–Crippen LogP) is -0.989. The number of nitrogens with zero attached hydrogens (tertiary/aromatic N) is 2. The van der Waals surface area contributed by atoms with E-state index in [1.807, 2.05) is 0 Å². The summed E-state index contributed by atoms with van der Waals surface area (Å²) in [5.74, 6) is 0. The van der Waals surface area contributed by atoms with Gasteiger partial charge in [0.25, 0.3) is 0 Å². The first-order valence-electron chi connectivity index (χ1n) is 5.15. The minimum Gasteiger partial charge on any atom is -0.656 e. The Bertz CT molecular complexity index is 164. The molecular formula is C10H19KN2. The van der Waals surface area contributed by atoms with E-state index in [-0.39, 0.29) is 51.4 Å². The molecule has 70 valence electrons. The second-order valence-corrected chi connectivity index (χ2v) is 4.52. The maximum absolute atomic E-state index is 4.76. The van der Waals surface area contributed by atoms with Gasteiger partial charge in [0.05, 0.1) is 0 Å². The number of hydrogen-bond donors (Lipinski definition) is 0. The molecule has 2 aliphatic heterocycles. The molecular weight excluding hydrogens is 187 g/mol. The zero-order valence-electron chi connectivity index (χ0n) is 9.21. The van der Waals surface area contributed by atoms with Crippen molar-refractivity contribution in [3.63, 3.8) is 0 Å². The molecule has 1 spiro atoms. The van der Waals surface area contributed by atoms with Crippen LogP contribution in [0.2, 0.25) is 0 Å². The third-order valence-corrected chi connectivity index (χ3v) is 3.34. The van der Waals surface area contributed by atoms with Crippen LogP contribution in [-0.2, 0) is 0 Å². The van der Waals surface area contributed by atoms with Gasteiger partial charge >= 0.3 is 51.4 Å². The zero-order valence-corrected chi connectivity index (χ0v) is 12.3. The minimum atomic E-state index is 0. The van der Waals surface area contributed by atoms with Crippen molar-refractivity contribution in [2.45, 2.75) is 44.7 Å². The van der Waals surface area contributed by atoms with Crippen molar-refractivity contribution in [3.8, 4) is 0 Å². The molecule has 0 amide bonds. The first-order chi connectivity index (χ1) is 5.72. The summed E-state index contributed by atoms with van der Waals surface area (Å²) in [7, 11) is 0. The van der Waals surface area contributed by atoms with Crippen molar-refractivity contribution in [2.24, 2.45) is 0 Å². The molecule has 0 saturated carbocycles. The Balaban J connectivity index is 0.000000845. The molecule has 1 unspecified atom stereocenters. The molecule has 3 heteroatoms. The van der Waals surface area contributed by atoms with Gasteiger partial charge in [-0.25, -0.2) is 0 Å². The summed E-state index contributed by atoms with van der Waals surface area (Å²) in [6.07, 6.45) is 3.98. The Morgan fingerprint density at radius 2 is 2.08 bits per heavy atom. The Morgan fingerprint density at radius 3 is 2.54 bits per heavy atom. The summed E-state index contributed by atoms with van der Waals surface area (Å²) in [6.45, 7) is 8.18. The van der Waals surface area contributed by atoms with Crippen molar-refractivity contribution in [2.75, 3.05) is 19.6 Å². The van der Waals surface area contributed by atoms with Gasteiger partial charge in [0.1, 0.15) is 0 Å². The molecule has 13 heavy (non-hydrogen) atoms. The third-order valence-electron chi connectivity index (χ3n) is 3.34. The van der Waals surface area contributed by atoms with Crippen LogP contribution in [-0.4, -0.2) is 36.1 Å². The molecule has 0 radical (unpaired) electrons. The second kappa shape index (κ2) is 5.06. The van der Waals surface area contributed by atoms with E-state index in [1.165, 1.54) is 32.4 Å². The average Bonchev–Trinajstić information content (AvgIpc) is 2.62. The molecule has 0 aromatic rings. The van der Waals surface area contributed by atoms with Gasteiger partial charge in [-0.3, -0.25) is 0 Å². The summed E-state index contributed by atoms with van der Waals surface area (Å²) in [4.78, 5) is 2.56. The van der Waals surface area contributed by atoms with E-state index in [9.17, 15) is 0 Å². The fourth-order valence-electron chi connectivity index (χ4n) is 2.47. The normalized spacial score (nSPS) is 34.4. The fourth-order valence-corrected chi connectivity index (χ4v) is 2.47. The van der Waals surface area contributed by atoms with Crippen LogP contribution in [0.4, 0.5) is 0 Å². The third kappa shape index (κ3) is 2.77. The van der Waals surface area contributed by atoms with Gasteiger partial charge in [-0.2, -0.15) is 0 Å². The van der Waals surface area contributed by atoms with Gasteiger partial charge in [-0.1, -0.05) is 19.3 Å². The zero-order chi connectivity index (χ0) is 8.60. The number of rotatable bonds is 1. The Labute approximate surface area is 124 Å². The first-order valence-corrected chi connectivity index (χ1v) is 5.15. The predicted molar refractivity (Wildman–Crippen MR) is 51.5 cm³/mol. The quantitative estimate of drug-likeness (QED) is 0.504. The van der Waals surface area contributed by atoms with Gasteiger partial charge in [-0.05, 0) is 26.9 Å². The standard InChI is InChI=1S/C10H19N2.K/c1-9(2)12-7-5-10(8-12)4-3-6-11-10;/h9H,3-8H2,1-2H3;/q-1;+1. The van der Waals surface area contributed by atoms with Crippen LogP contribution >= 0.6 is 0 Å². The SMILES string of the molecule is CC(C)N1CCC2(CCC[N-]2)C1.[K+]. The maximum atomic E-state index is 4.76. The van der Waals surface area contributed by atoms with E-state index in [1.54, 1.807) is 0 Å². The van der Waals surface area contributed by atoms with Crippen molar-refractivity contribution >= 4 is 0 Å². The van der Waals surface area contributed by atoms with Crippen LogP contribution in [0.25, 0.3) is 5.32 Å². The molecule has 1 atom stereocenters. The molecule has 2 rings (SSSR count). The Kier molecular flexibility index (Phi) is 4.91. The van der Waals surface area contributed by atoms with Crippen molar-refractivity contribution in [3.05, 3.63) is 5.32 Å². The molecule has 2 nitrogen and oxygen atoms in total. The van der Waals surface area contributed by atoms with Crippen LogP contribution in [0.3, 0.4) is 0 Å². The van der Waals surface area contributed by atoms with E-state index in [2.05, 4.69) is 18.7 Å². The summed E-state index contributed by atoms with van der Waals surface area (Å²) < 4.78 is 0. The van der Waals surface area contributed by atoms with E-state index in [0.29, 0.717) is 11.6 Å². The summed E-state index contributed by atoms with van der Waals surface area (Å²) in [5.41, 5.74) is 0.393. The monoisotopic (exact) mass is 206 g/mol. The van der Waals surface area contributed by atoms with Gasteiger partial charge < -0.3 is 10.2 Å². The molecule has 0 aliphatic carbocycles. The molecule has 0 aromatic carbocycles. The summed E-state index contributed by atoms with van der Waals surface area (Å²) in [5, 5.41) is 4.76. The van der Waals surface area contributed by atoms with E-state index < -0.39 is 0 Å². The topological polar surface area (TPSA) is 17.3 Å². The van der Waals surface area contributed by atoms with Crippen LogP contribution in [0.1, 0.15) is 33.1 Å². The fraction of sp³-hybridized carbons (Fsp3) is 1.00. The van der Waals surface area contributed by atoms with E-state index >= 15 is 0 Å². The first kappa shape index (κ1) is 12.6. The smallest absolute Gasteiger partial charge is 0.656 e. The Morgan fingerprint density at radius 1 is 1.31 bits per heavy atom. The van der Waals surface area contributed by atoms with E-state index in [4.69, 9.17) is 5.32 Å². The molecule has 0 bridgehead atoms. The van der Waals surface area contributed by atoms with Gasteiger partial charge in [0.15, 0.2) is 0 Å². The van der Waals surface area contributed by atoms with Gasteiger partial charge in [0, 0.05) is 6.04 Å². The summed E-state index contributed by atoms with van der Waals surface area (Å²) in [6, 6.07) is 0.708. The second-order valence-electron chi connectivity index (χ2n) is 4.52. The van der Waals surface area contributed by atoms with Crippen LogP contribution in [0, 0.1) is 0 Å². The minimum absolute atomic E-state index is 0. The Hall–Kier alpha value is 1.56. The van der Waals surface area contributed by atoms with Gasteiger partial charge in [0.2, 0.25) is 0 Å². The van der Waals surface area contributed by atoms with Crippen molar-refractivity contribution in [1.82, 2.24) is 4.90 Å². The van der Waals surface area contributed by atoms with Crippen molar-refractivity contribution < 1.29 is 51.4 Å².